The van der Waals surface area contributed by atoms with Crippen LogP contribution in [0.3, 0.4) is 0 Å². The molecular weight excluding hydrogens is 370 g/mol. The minimum atomic E-state index is -1.00. The molecule has 2 aromatic carbocycles. The summed E-state index contributed by atoms with van der Waals surface area (Å²) in [4.78, 5) is 0. The molecule has 0 saturated heterocycles. The summed E-state index contributed by atoms with van der Waals surface area (Å²) in [6.07, 6.45) is 0. The smallest absolute Gasteiger partial charge is 0.184 e. The monoisotopic (exact) mass is 376 g/mol. The van der Waals surface area contributed by atoms with Crippen molar-refractivity contribution in [2.45, 2.75) is 0 Å². The van der Waals surface area contributed by atoms with Gasteiger partial charge < -0.3 is 11.1 Å². The van der Waals surface area contributed by atoms with E-state index in [1.165, 1.54) is 6.07 Å². The Labute approximate surface area is 119 Å². The van der Waals surface area contributed by atoms with Crippen LogP contribution in [-0.4, -0.2) is 0 Å². The Hall–Kier alpha value is -1.14. The molecule has 0 fully saturated rings. The van der Waals surface area contributed by atoms with Crippen LogP contribution in [0.25, 0.3) is 0 Å². The second-order valence-corrected chi connectivity index (χ2v) is 5.26. The molecule has 0 amide bonds. The summed E-state index contributed by atoms with van der Waals surface area (Å²) in [7, 11) is 0. The van der Waals surface area contributed by atoms with Crippen LogP contribution in [0.2, 0.25) is 0 Å². The first kappa shape index (κ1) is 13.3. The fourth-order valence-corrected chi connectivity index (χ4v) is 2.63. The maximum atomic E-state index is 13.7. The van der Waals surface area contributed by atoms with Crippen molar-refractivity contribution in [3.63, 3.8) is 0 Å². The number of hydrogen-bond donors (Lipinski definition) is 2. The summed E-state index contributed by atoms with van der Waals surface area (Å²) in [6.45, 7) is 0. The summed E-state index contributed by atoms with van der Waals surface area (Å²) in [5.74, 6) is -1.95. The van der Waals surface area contributed by atoms with Crippen molar-refractivity contribution in [3.05, 3.63) is 50.9 Å². The molecule has 0 radical (unpaired) electrons. The van der Waals surface area contributed by atoms with Crippen LogP contribution >= 0.6 is 31.9 Å². The van der Waals surface area contributed by atoms with Gasteiger partial charge in [-0.25, -0.2) is 8.78 Å². The Morgan fingerprint density at radius 3 is 2.17 bits per heavy atom. The van der Waals surface area contributed by atoms with Gasteiger partial charge in [-0.2, -0.15) is 0 Å². The summed E-state index contributed by atoms with van der Waals surface area (Å²) >= 11 is 6.65. The van der Waals surface area contributed by atoms with Gasteiger partial charge in [-0.1, -0.05) is 6.07 Å². The van der Waals surface area contributed by atoms with Gasteiger partial charge in [0.25, 0.3) is 0 Å². The third-order valence-electron chi connectivity index (χ3n) is 2.34. The second kappa shape index (κ2) is 5.24. The number of rotatable bonds is 2. The first-order valence-corrected chi connectivity index (χ1v) is 6.54. The minimum absolute atomic E-state index is 0.0809. The molecule has 0 heterocycles. The zero-order valence-electron chi connectivity index (χ0n) is 8.98. The molecule has 18 heavy (non-hydrogen) atoms. The molecular formula is C12H8Br2F2N2. The van der Waals surface area contributed by atoms with Crippen LogP contribution in [0.1, 0.15) is 0 Å². The normalized spacial score (nSPS) is 10.4. The van der Waals surface area contributed by atoms with E-state index in [0.29, 0.717) is 14.6 Å². The van der Waals surface area contributed by atoms with Crippen molar-refractivity contribution in [1.29, 1.82) is 0 Å². The van der Waals surface area contributed by atoms with Gasteiger partial charge in [0.15, 0.2) is 11.6 Å². The van der Waals surface area contributed by atoms with Crippen LogP contribution in [0, 0.1) is 11.6 Å². The lowest BCUT2D eigenvalue weighted by Gasteiger charge is -2.13. The van der Waals surface area contributed by atoms with Crippen molar-refractivity contribution in [3.8, 4) is 0 Å². The van der Waals surface area contributed by atoms with Crippen molar-refractivity contribution in [2.24, 2.45) is 0 Å². The van der Waals surface area contributed by atoms with Crippen molar-refractivity contribution >= 4 is 48.9 Å². The number of nitrogens with one attached hydrogen (secondary N) is 1. The highest BCUT2D eigenvalue weighted by atomic mass is 79.9. The average molecular weight is 378 g/mol. The average Bonchev–Trinajstić information content (AvgIpc) is 2.33. The number of halogens is 4. The highest BCUT2D eigenvalue weighted by Crippen LogP contribution is 2.36. The van der Waals surface area contributed by atoms with Gasteiger partial charge in [0.2, 0.25) is 0 Å². The molecule has 2 nitrogen and oxygen atoms in total. The Kier molecular flexibility index (Phi) is 3.87. The third-order valence-corrected chi connectivity index (χ3v) is 3.66. The van der Waals surface area contributed by atoms with Gasteiger partial charge in [-0.05, 0) is 56.1 Å². The molecule has 2 aromatic rings. The maximum Gasteiger partial charge on any atom is 0.184 e. The predicted molar refractivity (Wildman–Crippen MR) is 75.9 cm³/mol. The Bertz CT molecular complexity index is 583. The lowest BCUT2D eigenvalue weighted by atomic mass is 10.2. The van der Waals surface area contributed by atoms with Crippen LogP contribution in [0.4, 0.5) is 25.8 Å². The molecule has 0 aliphatic carbocycles. The van der Waals surface area contributed by atoms with Crippen LogP contribution in [0.5, 0.6) is 0 Å². The maximum absolute atomic E-state index is 13.7. The molecule has 2 rings (SSSR count). The largest absolute Gasteiger partial charge is 0.397 e. The number of nitrogen functional groups attached to an aromatic ring is 1. The molecule has 0 spiro atoms. The van der Waals surface area contributed by atoms with E-state index in [1.807, 2.05) is 6.07 Å². The summed E-state index contributed by atoms with van der Waals surface area (Å²) in [6, 6.07) is 7.67. The van der Waals surface area contributed by atoms with Gasteiger partial charge in [0.05, 0.1) is 11.4 Å². The zero-order valence-corrected chi connectivity index (χ0v) is 12.1. The molecule has 0 atom stereocenters. The van der Waals surface area contributed by atoms with Gasteiger partial charge >= 0.3 is 0 Å². The number of anilines is 3. The molecule has 0 unspecified atom stereocenters. The number of para-hydroxylation sites is 1. The number of hydrogen-bond acceptors (Lipinski definition) is 2. The zero-order chi connectivity index (χ0) is 13.3. The van der Waals surface area contributed by atoms with E-state index in [2.05, 4.69) is 37.2 Å². The molecule has 94 valence electrons. The lowest BCUT2D eigenvalue weighted by Crippen LogP contribution is -2.02. The van der Waals surface area contributed by atoms with Gasteiger partial charge in [-0.15, -0.1) is 0 Å². The summed E-state index contributed by atoms with van der Waals surface area (Å²) in [5.41, 5.74) is 6.27. The number of nitrogens with two attached hydrogens (primary N) is 1. The topological polar surface area (TPSA) is 38.0 Å². The van der Waals surface area contributed by atoms with Crippen molar-refractivity contribution in [2.75, 3.05) is 11.1 Å². The van der Waals surface area contributed by atoms with E-state index < -0.39 is 11.6 Å². The molecule has 0 bridgehead atoms. The molecule has 6 heteroatoms. The Morgan fingerprint density at radius 2 is 1.56 bits per heavy atom. The number of benzene rings is 2. The molecule has 0 aromatic heterocycles. The van der Waals surface area contributed by atoms with Gasteiger partial charge in [0.1, 0.15) is 5.69 Å². The molecule has 0 aliphatic rings. The highest BCUT2D eigenvalue weighted by molar-refractivity contribution is 9.11. The van der Waals surface area contributed by atoms with E-state index in [0.717, 1.165) is 6.07 Å². The molecule has 0 aliphatic heterocycles. The Morgan fingerprint density at radius 1 is 0.944 bits per heavy atom. The molecule has 0 saturated carbocycles. The van der Waals surface area contributed by atoms with Gasteiger partial charge in [0, 0.05) is 8.95 Å². The SMILES string of the molecule is Nc1ccc(F)c(F)c1Nc1c(Br)cccc1Br. The fraction of sp³-hybridized carbons (Fsp3) is 0. The first-order valence-electron chi connectivity index (χ1n) is 4.95. The fourth-order valence-electron chi connectivity index (χ4n) is 1.43. The Balaban J connectivity index is 2.50. The lowest BCUT2D eigenvalue weighted by molar-refractivity contribution is 0.512. The van der Waals surface area contributed by atoms with Crippen molar-refractivity contribution in [1.82, 2.24) is 0 Å². The van der Waals surface area contributed by atoms with E-state index in [9.17, 15) is 8.78 Å². The van der Waals surface area contributed by atoms with Gasteiger partial charge in [-0.3, -0.25) is 0 Å². The standard InChI is InChI=1S/C12H8Br2F2N2/c13-6-2-1-3-7(14)11(6)18-12-9(17)5-4-8(15)10(12)16/h1-5,18H,17H2. The second-order valence-electron chi connectivity index (χ2n) is 3.55. The summed E-state index contributed by atoms with van der Waals surface area (Å²) < 4.78 is 28.2. The third kappa shape index (κ3) is 2.49. The van der Waals surface area contributed by atoms with Crippen molar-refractivity contribution < 1.29 is 8.78 Å². The van der Waals surface area contributed by atoms with Crippen LogP contribution < -0.4 is 11.1 Å². The highest BCUT2D eigenvalue weighted by Gasteiger charge is 2.14. The summed E-state index contributed by atoms with van der Waals surface area (Å²) in [5, 5.41) is 2.78. The minimum Gasteiger partial charge on any atom is -0.397 e. The first-order chi connectivity index (χ1) is 8.50. The van der Waals surface area contributed by atoms with E-state index in [1.54, 1.807) is 12.1 Å². The quantitative estimate of drug-likeness (QED) is 0.736. The van der Waals surface area contributed by atoms with E-state index in [4.69, 9.17) is 5.73 Å². The molecule has 3 N–H and O–H groups in total. The predicted octanol–water partition coefficient (Wildman–Crippen LogP) is 4.82. The van der Waals surface area contributed by atoms with Crippen LogP contribution in [0.15, 0.2) is 39.3 Å². The van der Waals surface area contributed by atoms with Crippen LogP contribution in [-0.2, 0) is 0 Å². The van der Waals surface area contributed by atoms with E-state index in [-0.39, 0.29) is 11.4 Å². The van der Waals surface area contributed by atoms with E-state index >= 15 is 0 Å².